The van der Waals surface area contributed by atoms with E-state index in [1.807, 2.05) is 11.3 Å². The molecule has 0 amide bonds. The first-order valence-corrected chi connectivity index (χ1v) is 23.0. The fourth-order valence-electron chi connectivity index (χ4n) is 12.1. The lowest BCUT2D eigenvalue weighted by molar-refractivity contribution is 0.792. The van der Waals surface area contributed by atoms with Gasteiger partial charge in [0.1, 0.15) is 0 Å². The molecule has 0 N–H and O–H groups in total. The van der Waals surface area contributed by atoms with Crippen LogP contribution in [0, 0.1) is 0 Å². The summed E-state index contributed by atoms with van der Waals surface area (Å²) in [5, 5.41) is 7.74. The first-order chi connectivity index (χ1) is 31.8. The van der Waals surface area contributed by atoms with E-state index in [1.54, 1.807) is 0 Å². The van der Waals surface area contributed by atoms with E-state index in [0.29, 0.717) is 0 Å². The van der Waals surface area contributed by atoms with E-state index in [0.717, 1.165) is 5.69 Å². The van der Waals surface area contributed by atoms with Crippen LogP contribution >= 0.6 is 11.3 Å². The lowest BCUT2D eigenvalue weighted by Crippen LogP contribution is -2.26. The summed E-state index contributed by atoms with van der Waals surface area (Å²) in [5.74, 6) is 0. The largest absolute Gasteiger partial charge is 0.309 e. The smallest absolute Gasteiger partial charge is 0.0726 e. The number of nitrogens with zero attached hydrogens (tertiary/aromatic N) is 2. The molecule has 3 heterocycles. The van der Waals surface area contributed by atoms with E-state index < -0.39 is 5.41 Å². The number of hydrogen-bond donors (Lipinski definition) is 0. The second-order valence-corrected chi connectivity index (χ2v) is 18.6. The van der Waals surface area contributed by atoms with E-state index in [1.165, 1.54) is 125 Å². The second-order valence-electron chi connectivity index (χ2n) is 17.5. The highest BCUT2D eigenvalue weighted by atomic mass is 32.1. The highest BCUT2D eigenvalue weighted by Crippen LogP contribution is 2.63. The highest BCUT2D eigenvalue weighted by Gasteiger charge is 2.51. The topological polar surface area (TPSA) is 9.86 Å². The SMILES string of the molecule is c1ccc2c(c1)-c1ccccc1C21c2ccccc2-c2ccc(-n3c4ccccc4c4c5c6ccccc6n(-c6ccc(-c7cccc8c7sc7ccccc78)cc6)c5ccc43)cc21. The Balaban J connectivity index is 0.950. The predicted octanol–water partition coefficient (Wildman–Crippen LogP) is 16.3. The number of rotatable bonds is 3. The van der Waals surface area contributed by atoms with Gasteiger partial charge >= 0.3 is 0 Å². The van der Waals surface area contributed by atoms with E-state index in [-0.39, 0.29) is 0 Å². The maximum Gasteiger partial charge on any atom is 0.0726 e. The Hall–Kier alpha value is -7.98. The normalized spacial score (nSPS) is 13.4. The molecule has 2 aliphatic rings. The highest BCUT2D eigenvalue weighted by molar-refractivity contribution is 7.26. The number of benzene rings is 10. The van der Waals surface area contributed by atoms with Crippen LogP contribution in [0.4, 0.5) is 0 Å². The summed E-state index contributed by atoms with van der Waals surface area (Å²) in [6.07, 6.45) is 0. The Morgan fingerprint density at radius 1 is 0.312 bits per heavy atom. The third-order valence-electron chi connectivity index (χ3n) is 14.6. The summed E-state index contributed by atoms with van der Waals surface area (Å²) in [6.45, 7) is 0. The molecule has 0 aliphatic heterocycles. The number of para-hydroxylation sites is 2. The van der Waals surface area contributed by atoms with Crippen LogP contribution in [0.5, 0.6) is 0 Å². The van der Waals surface area contributed by atoms with Gasteiger partial charge in [0.25, 0.3) is 0 Å². The molecule has 1 spiro atoms. The van der Waals surface area contributed by atoms with Gasteiger partial charge in [-0.3, -0.25) is 0 Å². The number of fused-ring (bicyclic) bond motifs is 20. The molecule has 3 heteroatoms. The van der Waals surface area contributed by atoms with Crippen LogP contribution < -0.4 is 0 Å². The average Bonchev–Trinajstić information content (AvgIpc) is 4.15. The quantitative estimate of drug-likeness (QED) is 0.168. The summed E-state index contributed by atoms with van der Waals surface area (Å²) >= 11 is 1.89. The molecule has 13 aromatic rings. The molecule has 0 bridgehead atoms. The summed E-state index contributed by atoms with van der Waals surface area (Å²) in [6, 6.07) is 81.8. The maximum atomic E-state index is 2.52. The minimum absolute atomic E-state index is 0.408. The Bertz CT molecular complexity index is 4070. The van der Waals surface area contributed by atoms with Crippen LogP contribution in [-0.2, 0) is 5.41 Å². The van der Waals surface area contributed by atoms with Crippen LogP contribution in [0.15, 0.2) is 218 Å². The third kappa shape index (κ3) is 4.30. The van der Waals surface area contributed by atoms with Crippen LogP contribution in [0.3, 0.4) is 0 Å². The van der Waals surface area contributed by atoms with Crippen molar-refractivity contribution in [3.05, 3.63) is 241 Å². The Morgan fingerprint density at radius 3 is 1.41 bits per heavy atom. The molecule has 0 radical (unpaired) electrons. The van der Waals surface area contributed by atoms with Crippen molar-refractivity contribution in [1.29, 1.82) is 0 Å². The van der Waals surface area contributed by atoms with Gasteiger partial charge in [0.2, 0.25) is 0 Å². The van der Waals surface area contributed by atoms with Crippen molar-refractivity contribution in [3.63, 3.8) is 0 Å². The molecule has 2 nitrogen and oxygen atoms in total. The van der Waals surface area contributed by atoms with Crippen molar-refractivity contribution >= 4 is 75.1 Å². The van der Waals surface area contributed by atoms with E-state index >= 15 is 0 Å². The molecule has 3 aromatic heterocycles. The Kier molecular flexibility index (Phi) is 6.79. The lowest BCUT2D eigenvalue weighted by Gasteiger charge is -2.30. The summed E-state index contributed by atoms with van der Waals surface area (Å²) in [7, 11) is 0. The van der Waals surface area contributed by atoms with Gasteiger partial charge in [-0.2, -0.15) is 0 Å². The zero-order valence-electron chi connectivity index (χ0n) is 34.6. The predicted molar refractivity (Wildman–Crippen MR) is 270 cm³/mol. The van der Waals surface area contributed by atoms with Crippen molar-refractivity contribution in [1.82, 2.24) is 9.13 Å². The first-order valence-electron chi connectivity index (χ1n) is 22.2. The molecule has 2 aliphatic carbocycles. The van der Waals surface area contributed by atoms with E-state index in [9.17, 15) is 0 Å². The fraction of sp³-hybridized carbons (Fsp3) is 0.0164. The monoisotopic (exact) mass is 828 g/mol. The zero-order valence-corrected chi connectivity index (χ0v) is 35.4. The molecule has 0 saturated heterocycles. The summed E-state index contributed by atoms with van der Waals surface area (Å²) in [5.41, 5.74) is 20.0. The van der Waals surface area contributed by atoms with Gasteiger partial charge in [-0.1, -0.05) is 164 Å². The maximum absolute atomic E-state index is 2.52. The van der Waals surface area contributed by atoms with Gasteiger partial charge in [-0.15, -0.1) is 11.3 Å². The molecule has 296 valence electrons. The van der Waals surface area contributed by atoms with E-state index in [4.69, 9.17) is 0 Å². The van der Waals surface area contributed by atoms with Crippen LogP contribution in [0.25, 0.3) is 109 Å². The molecule has 0 unspecified atom stereocenters. The van der Waals surface area contributed by atoms with Crippen molar-refractivity contribution in [2.75, 3.05) is 0 Å². The number of aromatic nitrogens is 2. The average molecular weight is 829 g/mol. The zero-order chi connectivity index (χ0) is 41.7. The summed E-state index contributed by atoms with van der Waals surface area (Å²) < 4.78 is 7.65. The lowest BCUT2D eigenvalue weighted by atomic mass is 9.70. The molecule has 64 heavy (non-hydrogen) atoms. The Morgan fingerprint density at radius 2 is 0.781 bits per heavy atom. The third-order valence-corrected chi connectivity index (χ3v) is 15.8. The summed E-state index contributed by atoms with van der Waals surface area (Å²) in [4.78, 5) is 0. The van der Waals surface area contributed by atoms with Gasteiger partial charge in [0.05, 0.1) is 27.5 Å². The van der Waals surface area contributed by atoms with Gasteiger partial charge in [0.15, 0.2) is 0 Å². The van der Waals surface area contributed by atoms with Gasteiger partial charge in [-0.05, 0) is 110 Å². The minimum atomic E-state index is -0.408. The van der Waals surface area contributed by atoms with E-state index in [2.05, 4.69) is 228 Å². The first kappa shape index (κ1) is 34.6. The number of hydrogen-bond acceptors (Lipinski definition) is 1. The van der Waals surface area contributed by atoms with Crippen molar-refractivity contribution < 1.29 is 0 Å². The molecule has 0 saturated carbocycles. The van der Waals surface area contributed by atoms with Crippen LogP contribution in [0.2, 0.25) is 0 Å². The van der Waals surface area contributed by atoms with Crippen LogP contribution in [0.1, 0.15) is 22.3 Å². The molecular weight excluding hydrogens is 793 g/mol. The van der Waals surface area contributed by atoms with Gasteiger partial charge < -0.3 is 9.13 Å². The Labute approximate surface area is 373 Å². The standard InChI is InChI=1S/C61H36N2S/c1-7-22-49-41(14-1)42-15-2-8-23-50(42)61(49)51-24-9-3-16-43(51)44-33-32-39(36-52(44)61)63-54-26-11-5-19-48(54)59-56(63)35-34-55-58(59)47-18-4-10-25-53(47)62(55)38-30-28-37(29-31-38)40-20-13-21-46-45-17-6-12-27-57(45)64-60(40)46/h1-36H. The molecular formula is C61H36N2S. The van der Waals surface area contributed by atoms with Crippen molar-refractivity contribution in [2.45, 2.75) is 5.41 Å². The van der Waals surface area contributed by atoms with Gasteiger partial charge in [0, 0.05) is 53.1 Å². The molecule has 10 aromatic carbocycles. The van der Waals surface area contributed by atoms with Gasteiger partial charge in [-0.25, -0.2) is 0 Å². The minimum Gasteiger partial charge on any atom is -0.309 e. The number of thiophene rings is 1. The fourth-order valence-corrected chi connectivity index (χ4v) is 13.3. The molecule has 0 atom stereocenters. The van der Waals surface area contributed by atoms with Crippen LogP contribution in [-0.4, -0.2) is 9.13 Å². The van der Waals surface area contributed by atoms with Crippen molar-refractivity contribution in [3.8, 4) is 44.8 Å². The second kappa shape index (κ2) is 12.6. The molecule has 15 rings (SSSR count). The van der Waals surface area contributed by atoms with Crippen molar-refractivity contribution in [2.24, 2.45) is 0 Å². The molecule has 0 fully saturated rings.